The zero-order valence-electron chi connectivity index (χ0n) is 14.8. The van der Waals surface area contributed by atoms with Gasteiger partial charge in [0, 0.05) is 17.8 Å². The smallest absolute Gasteiger partial charge is 0.278 e. The van der Waals surface area contributed by atoms with E-state index < -0.39 is 0 Å². The van der Waals surface area contributed by atoms with Crippen LogP contribution in [0.25, 0.3) is 0 Å². The molecule has 136 valence electrons. The molecule has 1 aliphatic rings. The van der Waals surface area contributed by atoms with E-state index in [9.17, 15) is 14.0 Å². The van der Waals surface area contributed by atoms with Crippen LogP contribution in [0.5, 0.6) is 0 Å². The number of aromatic nitrogens is 2. The van der Waals surface area contributed by atoms with Crippen molar-refractivity contribution in [2.45, 2.75) is 25.9 Å². The fraction of sp³-hybridized carbons (Fsp3) is 0.190. The first-order valence-corrected chi connectivity index (χ1v) is 8.77. The number of hydrogen-bond donors (Lipinski definition) is 0. The van der Waals surface area contributed by atoms with Crippen LogP contribution < -0.4 is 10.5 Å². The Balaban J connectivity index is 1.67. The number of fused-ring (bicyclic) bond motifs is 1. The monoisotopic (exact) mass is 363 g/mol. The highest BCUT2D eigenvalue weighted by molar-refractivity contribution is 6.06. The standard InChI is InChI=1S/C21H18FN3O2/c1-14-11-16-6-2-3-8-19(16)25(14)21(27)18-9-10-20(26)24(23-18)13-15-5-4-7-17(22)12-15/h2-10,12,14H,11,13H2,1H3. The summed E-state index contributed by atoms with van der Waals surface area (Å²) in [5, 5.41) is 4.24. The zero-order valence-corrected chi connectivity index (χ0v) is 14.8. The first-order valence-electron chi connectivity index (χ1n) is 8.77. The molecule has 1 aromatic heterocycles. The van der Waals surface area contributed by atoms with Gasteiger partial charge in [-0.25, -0.2) is 9.07 Å². The molecule has 0 saturated heterocycles. The Morgan fingerprint density at radius 3 is 2.78 bits per heavy atom. The van der Waals surface area contributed by atoms with Crippen molar-refractivity contribution in [1.82, 2.24) is 9.78 Å². The maximum Gasteiger partial charge on any atom is 0.278 e. The molecule has 0 N–H and O–H groups in total. The van der Waals surface area contributed by atoms with Crippen molar-refractivity contribution in [2.24, 2.45) is 0 Å². The second-order valence-electron chi connectivity index (χ2n) is 6.70. The second-order valence-corrected chi connectivity index (χ2v) is 6.70. The molecule has 0 radical (unpaired) electrons. The molecule has 2 heterocycles. The summed E-state index contributed by atoms with van der Waals surface area (Å²) in [6.45, 7) is 2.09. The minimum atomic E-state index is -0.379. The Hall–Kier alpha value is -3.28. The van der Waals surface area contributed by atoms with E-state index in [1.54, 1.807) is 17.0 Å². The van der Waals surface area contributed by atoms with Crippen molar-refractivity contribution in [3.8, 4) is 0 Å². The quantitative estimate of drug-likeness (QED) is 0.719. The van der Waals surface area contributed by atoms with Crippen LogP contribution in [0.4, 0.5) is 10.1 Å². The van der Waals surface area contributed by atoms with Gasteiger partial charge in [-0.2, -0.15) is 5.10 Å². The molecule has 1 amide bonds. The van der Waals surface area contributed by atoms with Crippen LogP contribution >= 0.6 is 0 Å². The topological polar surface area (TPSA) is 55.2 Å². The van der Waals surface area contributed by atoms with E-state index in [1.807, 2.05) is 31.2 Å². The number of halogens is 1. The van der Waals surface area contributed by atoms with Gasteiger partial charge >= 0.3 is 0 Å². The SMILES string of the molecule is CC1Cc2ccccc2N1C(=O)c1ccc(=O)n(Cc2cccc(F)c2)n1. The Bertz CT molecular complexity index is 1080. The highest BCUT2D eigenvalue weighted by Gasteiger charge is 2.32. The minimum Gasteiger partial charge on any atom is -0.304 e. The predicted molar refractivity (Wildman–Crippen MR) is 100 cm³/mol. The molecular formula is C21H18FN3O2. The number of para-hydroxylation sites is 1. The summed E-state index contributed by atoms with van der Waals surface area (Å²) in [6.07, 6.45) is 0.783. The fourth-order valence-electron chi connectivity index (χ4n) is 3.48. The Kier molecular flexibility index (Phi) is 4.32. The van der Waals surface area contributed by atoms with Gasteiger partial charge in [0.1, 0.15) is 11.5 Å². The molecule has 0 saturated carbocycles. The third-order valence-corrected chi connectivity index (χ3v) is 4.73. The molecule has 2 aromatic carbocycles. The summed E-state index contributed by atoms with van der Waals surface area (Å²) in [6, 6.07) is 16.5. The van der Waals surface area contributed by atoms with E-state index in [4.69, 9.17) is 0 Å². The van der Waals surface area contributed by atoms with E-state index in [-0.39, 0.29) is 35.6 Å². The maximum atomic E-state index is 13.4. The lowest BCUT2D eigenvalue weighted by Gasteiger charge is -2.22. The summed E-state index contributed by atoms with van der Waals surface area (Å²) in [5.41, 5.74) is 2.44. The third kappa shape index (κ3) is 3.26. The molecule has 3 aromatic rings. The lowest BCUT2D eigenvalue weighted by Crippen LogP contribution is -2.37. The van der Waals surface area contributed by atoms with Crippen molar-refractivity contribution in [3.05, 3.63) is 93.7 Å². The molecule has 1 aliphatic heterocycles. The van der Waals surface area contributed by atoms with Crippen molar-refractivity contribution >= 4 is 11.6 Å². The second kappa shape index (κ2) is 6.79. The highest BCUT2D eigenvalue weighted by Crippen LogP contribution is 2.32. The number of anilines is 1. The molecule has 1 unspecified atom stereocenters. The molecule has 0 aliphatic carbocycles. The Morgan fingerprint density at radius 1 is 1.15 bits per heavy atom. The van der Waals surface area contributed by atoms with Gasteiger partial charge in [0.2, 0.25) is 0 Å². The van der Waals surface area contributed by atoms with Crippen LogP contribution in [-0.4, -0.2) is 21.7 Å². The molecule has 0 fully saturated rings. The first-order chi connectivity index (χ1) is 13.0. The summed E-state index contributed by atoms with van der Waals surface area (Å²) in [4.78, 5) is 26.9. The fourth-order valence-corrected chi connectivity index (χ4v) is 3.48. The highest BCUT2D eigenvalue weighted by atomic mass is 19.1. The van der Waals surface area contributed by atoms with Gasteiger partial charge in [-0.3, -0.25) is 9.59 Å². The van der Waals surface area contributed by atoms with Crippen molar-refractivity contribution < 1.29 is 9.18 Å². The van der Waals surface area contributed by atoms with Crippen molar-refractivity contribution in [1.29, 1.82) is 0 Å². The van der Waals surface area contributed by atoms with Gasteiger partial charge in [-0.1, -0.05) is 30.3 Å². The average molecular weight is 363 g/mol. The lowest BCUT2D eigenvalue weighted by molar-refractivity contribution is 0.0974. The molecule has 0 spiro atoms. The van der Waals surface area contributed by atoms with Gasteiger partial charge in [0.25, 0.3) is 11.5 Å². The van der Waals surface area contributed by atoms with E-state index in [0.717, 1.165) is 17.7 Å². The number of hydrogen-bond acceptors (Lipinski definition) is 3. The van der Waals surface area contributed by atoms with Gasteiger partial charge < -0.3 is 4.90 Å². The van der Waals surface area contributed by atoms with Crippen LogP contribution in [0, 0.1) is 5.82 Å². The van der Waals surface area contributed by atoms with Crippen molar-refractivity contribution in [3.63, 3.8) is 0 Å². The zero-order chi connectivity index (χ0) is 19.0. The molecular weight excluding hydrogens is 345 g/mol. The number of benzene rings is 2. The normalized spacial score (nSPS) is 15.6. The Morgan fingerprint density at radius 2 is 1.96 bits per heavy atom. The largest absolute Gasteiger partial charge is 0.304 e. The van der Waals surface area contributed by atoms with E-state index in [0.29, 0.717) is 5.56 Å². The molecule has 5 nitrogen and oxygen atoms in total. The van der Waals surface area contributed by atoms with Crippen LogP contribution in [0.2, 0.25) is 0 Å². The number of rotatable bonds is 3. The predicted octanol–water partition coefficient (Wildman–Crippen LogP) is 3.02. The van der Waals surface area contributed by atoms with Crippen LogP contribution in [0.1, 0.15) is 28.5 Å². The van der Waals surface area contributed by atoms with E-state index in [1.165, 1.54) is 28.9 Å². The van der Waals surface area contributed by atoms with Crippen LogP contribution in [0.3, 0.4) is 0 Å². The molecule has 6 heteroatoms. The molecule has 4 rings (SSSR count). The lowest BCUT2D eigenvalue weighted by atomic mass is 10.1. The minimum absolute atomic E-state index is 0.0142. The van der Waals surface area contributed by atoms with E-state index in [2.05, 4.69) is 5.10 Å². The van der Waals surface area contributed by atoms with Gasteiger partial charge in [-0.05, 0) is 48.7 Å². The van der Waals surface area contributed by atoms with Gasteiger partial charge in [-0.15, -0.1) is 0 Å². The molecule has 27 heavy (non-hydrogen) atoms. The Labute approximate surface area is 155 Å². The van der Waals surface area contributed by atoms with Crippen molar-refractivity contribution in [2.75, 3.05) is 4.90 Å². The molecule has 1 atom stereocenters. The summed E-state index contributed by atoms with van der Waals surface area (Å²) < 4.78 is 14.6. The van der Waals surface area contributed by atoms with Crippen LogP contribution in [-0.2, 0) is 13.0 Å². The van der Waals surface area contributed by atoms with Crippen LogP contribution in [0.15, 0.2) is 65.5 Å². The van der Waals surface area contributed by atoms with Gasteiger partial charge in [0.05, 0.1) is 6.54 Å². The number of carbonyl (C=O) groups excluding carboxylic acids is 1. The summed E-state index contributed by atoms with van der Waals surface area (Å²) in [7, 11) is 0. The molecule has 0 bridgehead atoms. The summed E-state index contributed by atoms with van der Waals surface area (Å²) >= 11 is 0. The van der Waals surface area contributed by atoms with E-state index >= 15 is 0 Å². The third-order valence-electron chi connectivity index (χ3n) is 4.73. The first kappa shape index (κ1) is 17.1. The van der Waals surface area contributed by atoms with Gasteiger partial charge in [0.15, 0.2) is 0 Å². The average Bonchev–Trinajstić information content (AvgIpc) is 2.98. The number of nitrogens with zero attached hydrogens (tertiary/aromatic N) is 3. The summed E-state index contributed by atoms with van der Waals surface area (Å²) in [5.74, 6) is -0.629. The maximum absolute atomic E-state index is 13.4. The number of amides is 1. The number of carbonyl (C=O) groups is 1.